The Balaban J connectivity index is 3.71. The molecule has 0 aromatic heterocycles. The van der Waals surface area contributed by atoms with E-state index in [9.17, 15) is 19.8 Å². The first kappa shape index (κ1) is 41.8. The van der Waals surface area contributed by atoms with Crippen LogP contribution in [0.15, 0.2) is 48.6 Å². The quantitative estimate of drug-likeness (QED) is 0.0473. The van der Waals surface area contributed by atoms with E-state index >= 15 is 0 Å². The molecule has 0 heterocycles. The highest BCUT2D eigenvalue weighted by Crippen LogP contribution is 2.14. The van der Waals surface area contributed by atoms with Gasteiger partial charge in [-0.2, -0.15) is 0 Å². The van der Waals surface area contributed by atoms with Crippen molar-refractivity contribution in [3.63, 3.8) is 0 Å². The van der Waals surface area contributed by atoms with E-state index in [0.717, 1.165) is 70.1 Å². The average Bonchev–Trinajstić information content (AvgIpc) is 2.99. The van der Waals surface area contributed by atoms with Crippen molar-refractivity contribution >= 4 is 11.9 Å². The fraction of sp³-hybridized carbons (Fsp3) is 0.737. The lowest BCUT2D eigenvalue weighted by Crippen LogP contribution is -2.28. The third kappa shape index (κ3) is 32.7. The summed E-state index contributed by atoms with van der Waals surface area (Å²) in [5.41, 5.74) is 0. The molecule has 0 radical (unpaired) electrons. The second-order valence-electron chi connectivity index (χ2n) is 12.4. The zero-order valence-electron chi connectivity index (χ0n) is 28.4. The van der Waals surface area contributed by atoms with Gasteiger partial charge in [-0.3, -0.25) is 9.59 Å². The molecule has 2 atom stereocenters. The monoisotopic (exact) mass is 618 g/mol. The van der Waals surface area contributed by atoms with Crippen molar-refractivity contribution in [2.45, 2.75) is 161 Å². The van der Waals surface area contributed by atoms with Gasteiger partial charge in [0.1, 0.15) is 6.61 Å². The van der Waals surface area contributed by atoms with Crippen LogP contribution in [0, 0.1) is 5.92 Å². The minimum atomic E-state index is -0.800. The Morgan fingerprint density at radius 1 is 0.591 bits per heavy atom. The molecular formula is C38H66O6. The minimum absolute atomic E-state index is 0.104. The Labute approximate surface area is 270 Å². The van der Waals surface area contributed by atoms with Gasteiger partial charge >= 0.3 is 11.9 Å². The van der Waals surface area contributed by atoms with Crippen LogP contribution in [0.2, 0.25) is 0 Å². The topological polar surface area (TPSA) is 93.1 Å². The summed E-state index contributed by atoms with van der Waals surface area (Å²) in [5.74, 6) is 0.130. The zero-order valence-corrected chi connectivity index (χ0v) is 28.4. The van der Waals surface area contributed by atoms with Crippen LogP contribution in [0.1, 0.15) is 149 Å². The highest BCUT2D eigenvalue weighted by molar-refractivity contribution is 5.70. The van der Waals surface area contributed by atoms with E-state index in [1.807, 2.05) is 6.92 Å². The number of esters is 2. The summed E-state index contributed by atoms with van der Waals surface area (Å²) in [5, 5.41) is 18.7. The molecule has 6 nitrogen and oxygen atoms in total. The lowest BCUT2D eigenvalue weighted by atomic mass is 10.0. The first-order valence-electron chi connectivity index (χ1n) is 17.6. The molecule has 0 aliphatic rings. The van der Waals surface area contributed by atoms with E-state index in [1.54, 1.807) is 0 Å². The first-order valence-corrected chi connectivity index (χ1v) is 17.6. The van der Waals surface area contributed by atoms with Crippen LogP contribution in [0.25, 0.3) is 0 Å². The molecule has 0 saturated heterocycles. The van der Waals surface area contributed by atoms with Crippen LogP contribution in [-0.4, -0.2) is 47.6 Å². The third-order valence-corrected chi connectivity index (χ3v) is 7.32. The number of aliphatic hydroxyl groups is 2. The van der Waals surface area contributed by atoms with Crippen LogP contribution in [0.4, 0.5) is 0 Å². The Kier molecular flexibility index (Phi) is 30.6. The second-order valence-corrected chi connectivity index (χ2v) is 12.4. The molecule has 0 rings (SSSR count). The van der Waals surface area contributed by atoms with Gasteiger partial charge in [0.2, 0.25) is 0 Å². The third-order valence-electron chi connectivity index (χ3n) is 7.32. The molecule has 0 aliphatic carbocycles. The van der Waals surface area contributed by atoms with Crippen molar-refractivity contribution < 1.29 is 29.3 Å². The maximum absolute atomic E-state index is 12.1. The molecule has 0 aromatic rings. The molecule has 254 valence electrons. The van der Waals surface area contributed by atoms with E-state index in [4.69, 9.17) is 9.47 Å². The van der Waals surface area contributed by atoms with E-state index in [1.165, 1.54) is 44.9 Å². The number of hydrogen-bond donors (Lipinski definition) is 2. The van der Waals surface area contributed by atoms with Gasteiger partial charge in [0, 0.05) is 12.8 Å². The smallest absolute Gasteiger partial charge is 0.306 e. The summed E-state index contributed by atoms with van der Waals surface area (Å²) in [6.07, 6.45) is 35.9. The molecular weight excluding hydrogens is 552 g/mol. The number of ether oxygens (including phenoxy) is 2. The van der Waals surface area contributed by atoms with Gasteiger partial charge in [-0.1, -0.05) is 120 Å². The predicted molar refractivity (Wildman–Crippen MR) is 183 cm³/mol. The SMILES string of the molecule is CC(C)CCCCCCCCCCCC(=O)O[C@@H](CO)COC(=O)CCC/C=C\C/C=C\C/C=C\C/C=C\CCC[C@@H](C)O. The molecule has 0 unspecified atom stereocenters. The van der Waals surface area contributed by atoms with Gasteiger partial charge in [0.15, 0.2) is 6.10 Å². The van der Waals surface area contributed by atoms with Crippen LogP contribution in [0.5, 0.6) is 0 Å². The molecule has 0 saturated carbocycles. The van der Waals surface area contributed by atoms with Crippen molar-refractivity contribution in [1.82, 2.24) is 0 Å². The van der Waals surface area contributed by atoms with Crippen LogP contribution in [0.3, 0.4) is 0 Å². The lowest BCUT2D eigenvalue weighted by molar-refractivity contribution is -0.161. The first-order chi connectivity index (χ1) is 21.3. The Bertz CT molecular complexity index is 780. The van der Waals surface area contributed by atoms with Crippen LogP contribution in [-0.2, 0) is 19.1 Å². The Morgan fingerprint density at radius 2 is 1.07 bits per heavy atom. The Morgan fingerprint density at radius 3 is 1.59 bits per heavy atom. The molecule has 0 bridgehead atoms. The summed E-state index contributed by atoms with van der Waals surface area (Å²) in [4.78, 5) is 24.1. The number of rotatable bonds is 30. The number of carbonyl (C=O) groups excluding carboxylic acids is 2. The van der Waals surface area contributed by atoms with Gasteiger partial charge in [-0.05, 0) is 70.6 Å². The van der Waals surface area contributed by atoms with Crippen molar-refractivity contribution in [2.75, 3.05) is 13.2 Å². The van der Waals surface area contributed by atoms with Gasteiger partial charge in [0.25, 0.3) is 0 Å². The van der Waals surface area contributed by atoms with Crippen molar-refractivity contribution in [3.8, 4) is 0 Å². The highest BCUT2D eigenvalue weighted by atomic mass is 16.6. The molecule has 6 heteroatoms. The van der Waals surface area contributed by atoms with Gasteiger partial charge in [-0.25, -0.2) is 0 Å². The van der Waals surface area contributed by atoms with E-state index in [-0.39, 0.29) is 31.3 Å². The van der Waals surface area contributed by atoms with Gasteiger partial charge in [-0.15, -0.1) is 0 Å². The molecule has 2 N–H and O–H groups in total. The highest BCUT2D eigenvalue weighted by Gasteiger charge is 2.16. The van der Waals surface area contributed by atoms with Gasteiger partial charge in [0.05, 0.1) is 12.7 Å². The fourth-order valence-electron chi connectivity index (χ4n) is 4.63. The zero-order chi connectivity index (χ0) is 32.5. The fourth-order valence-corrected chi connectivity index (χ4v) is 4.63. The number of unbranched alkanes of at least 4 members (excludes halogenated alkanes) is 10. The summed E-state index contributed by atoms with van der Waals surface area (Å²) >= 11 is 0. The second kappa shape index (κ2) is 32.2. The number of hydrogen-bond acceptors (Lipinski definition) is 6. The standard InChI is InChI=1S/C38H66O6/c1-34(2)28-24-20-16-12-11-15-19-23-27-31-38(42)44-36(32-39)33-43-37(41)30-26-22-18-14-10-8-6-4-5-7-9-13-17-21-25-29-35(3)40/h5-8,13-14,17-18,34-36,39-40H,4,9-12,15-16,19-33H2,1-3H3/b7-5-,8-6-,17-13-,18-14-/t35-,36+/m1/s1. The molecule has 0 fully saturated rings. The normalized spacial score (nSPS) is 13.6. The average molecular weight is 619 g/mol. The number of aliphatic hydroxyl groups excluding tert-OH is 2. The summed E-state index contributed by atoms with van der Waals surface area (Å²) < 4.78 is 10.5. The summed E-state index contributed by atoms with van der Waals surface area (Å²) in [6, 6.07) is 0. The van der Waals surface area contributed by atoms with Crippen molar-refractivity contribution in [3.05, 3.63) is 48.6 Å². The van der Waals surface area contributed by atoms with Crippen LogP contribution < -0.4 is 0 Å². The molecule has 44 heavy (non-hydrogen) atoms. The summed E-state index contributed by atoms with van der Waals surface area (Å²) in [6.45, 7) is 5.93. The number of allylic oxidation sites excluding steroid dienone is 8. The largest absolute Gasteiger partial charge is 0.462 e. The predicted octanol–water partition coefficient (Wildman–Crippen LogP) is 9.50. The molecule has 0 aromatic carbocycles. The maximum Gasteiger partial charge on any atom is 0.306 e. The van der Waals surface area contributed by atoms with E-state index < -0.39 is 6.10 Å². The molecule has 0 amide bonds. The van der Waals surface area contributed by atoms with Crippen molar-refractivity contribution in [2.24, 2.45) is 5.92 Å². The van der Waals surface area contributed by atoms with E-state index in [0.29, 0.717) is 19.3 Å². The van der Waals surface area contributed by atoms with Crippen molar-refractivity contribution in [1.29, 1.82) is 0 Å². The summed E-state index contributed by atoms with van der Waals surface area (Å²) in [7, 11) is 0. The minimum Gasteiger partial charge on any atom is -0.462 e. The van der Waals surface area contributed by atoms with E-state index in [2.05, 4.69) is 62.5 Å². The number of carbonyl (C=O) groups is 2. The molecule has 0 spiro atoms. The van der Waals surface area contributed by atoms with Crippen LogP contribution >= 0.6 is 0 Å². The molecule has 0 aliphatic heterocycles. The van der Waals surface area contributed by atoms with Gasteiger partial charge < -0.3 is 19.7 Å². The lowest BCUT2D eigenvalue weighted by Gasteiger charge is -2.15. The Hall–Kier alpha value is -2.18. The maximum atomic E-state index is 12.1.